The van der Waals surface area contributed by atoms with E-state index in [1.54, 1.807) is 12.3 Å². The molecule has 0 amide bonds. The van der Waals surface area contributed by atoms with Crippen LogP contribution in [-0.4, -0.2) is 84.3 Å². The second-order valence-corrected chi connectivity index (χ2v) is 13.2. The van der Waals surface area contributed by atoms with Crippen LogP contribution in [-0.2, 0) is 9.47 Å². The molecule has 2 saturated carbocycles. The Morgan fingerprint density at radius 3 is 2.44 bits per heavy atom. The molecule has 0 bridgehead atoms. The van der Waals surface area contributed by atoms with E-state index in [1.807, 2.05) is 6.07 Å². The first-order valence-electron chi connectivity index (χ1n) is 14.7. The van der Waals surface area contributed by atoms with Crippen molar-refractivity contribution in [3.8, 4) is 11.3 Å². The zero-order valence-corrected chi connectivity index (χ0v) is 25.0. The molecule has 1 saturated heterocycles. The van der Waals surface area contributed by atoms with Crippen molar-refractivity contribution in [1.29, 1.82) is 0 Å². The maximum atomic E-state index is 14.3. The number of pyridine rings is 1. The molecular weight excluding hydrogens is 623 g/mol. The van der Waals surface area contributed by atoms with Crippen LogP contribution in [0.15, 0.2) is 36.7 Å². The lowest BCUT2D eigenvalue weighted by Gasteiger charge is -2.47. The highest BCUT2D eigenvalue weighted by molar-refractivity contribution is 8.00. The van der Waals surface area contributed by atoms with E-state index in [4.69, 9.17) is 9.47 Å². The van der Waals surface area contributed by atoms with Crippen LogP contribution in [0.5, 0.6) is 0 Å². The number of nitrogens with zero attached hydrogens (tertiary/aromatic N) is 4. The van der Waals surface area contributed by atoms with Crippen molar-refractivity contribution < 1.29 is 46.7 Å². The van der Waals surface area contributed by atoms with Crippen LogP contribution in [0.3, 0.4) is 0 Å². The molecule has 0 spiro atoms. The zero-order valence-electron chi connectivity index (χ0n) is 24.2. The van der Waals surface area contributed by atoms with Gasteiger partial charge < -0.3 is 24.8 Å². The van der Waals surface area contributed by atoms with Gasteiger partial charge in [0.15, 0.2) is 17.5 Å². The topological polar surface area (TPSA) is 123 Å². The normalized spacial score (nSPS) is 28.6. The third-order valence-corrected chi connectivity index (χ3v) is 10.5. The Morgan fingerprint density at radius 1 is 1.13 bits per heavy atom. The summed E-state index contributed by atoms with van der Waals surface area (Å²) >= 11 is 1.12. The van der Waals surface area contributed by atoms with Crippen LogP contribution in [0.1, 0.15) is 67.0 Å². The molecule has 9 nitrogen and oxygen atoms in total. The van der Waals surface area contributed by atoms with Crippen molar-refractivity contribution in [2.75, 3.05) is 13.7 Å². The van der Waals surface area contributed by atoms with E-state index in [0.717, 1.165) is 42.3 Å². The molecular formula is C30H33F5N4O5S. The molecule has 3 heterocycles. The maximum Gasteiger partial charge on any atom is 0.248 e. The number of rotatable bonds is 9. The van der Waals surface area contributed by atoms with Crippen molar-refractivity contribution in [3.05, 3.63) is 65.4 Å². The van der Waals surface area contributed by atoms with E-state index in [1.165, 1.54) is 18.0 Å². The summed E-state index contributed by atoms with van der Waals surface area (Å²) < 4.78 is 83.1. The van der Waals surface area contributed by atoms with Gasteiger partial charge in [-0.3, -0.25) is 4.98 Å². The van der Waals surface area contributed by atoms with Crippen LogP contribution in [0.25, 0.3) is 11.3 Å². The lowest BCUT2D eigenvalue weighted by molar-refractivity contribution is -0.186. The summed E-state index contributed by atoms with van der Waals surface area (Å²) in [5, 5.41) is 40.6. The van der Waals surface area contributed by atoms with Gasteiger partial charge in [-0.25, -0.2) is 26.6 Å². The smallest absolute Gasteiger partial charge is 0.248 e. The number of benzene rings is 1. The second-order valence-electron chi connectivity index (χ2n) is 12.0. The van der Waals surface area contributed by atoms with Crippen molar-refractivity contribution in [2.45, 2.75) is 91.0 Å². The highest BCUT2D eigenvalue weighted by atomic mass is 32.2. The number of hydrogen-bond donors (Lipinski definition) is 3. The number of aliphatic hydroxyl groups is 3. The summed E-state index contributed by atoms with van der Waals surface area (Å²) in [5.41, 5.74) is -1.22. The van der Waals surface area contributed by atoms with Crippen molar-refractivity contribution >= 4 is 11.8 Å². The monoisotopic (exact) mass is 656 g/mol. The van der Waals surface area contributed by atoms with E-state index < -0.39 is 83.5 Å². The molecule has 0 radical (unpaired) electrons. The average molecular weight is 657 g/mol. The fourth-order valence-electron chi connectivity index (χ4n) is 6.26. The minimum Gasteiger partial charge on any atom is -0.394 e. The highest BCUT2D eigenvalue weighted by Crippen LogP contribution is 2.55. The van der Waals surface area contributed by atoms with Gasteiger partial charge in [-0.2, -0.15) is 0 Å². The SMILES string of the molecule is CO[C@@H]1[C@@H](n2cc(-c3cc(F)c(F)c(F)c3)nn2)[C@@H](O)[C@@H](CO)O[C@H]1S[C@H](c1ncccc1C1CC1)C1(O)CCC(F)(F)CC1. The van der Waals surface area contributed by atoms with E-state index in [2.05, 4.69) is 15.3 Å². The molecule has 3 aliphatic rings. The summed E-state index contributed by atoms with van der Waals surface area (Å²) in [6.45, 7) is -0.612. The molecule has 2 aliphatic carbocycles. The predicted molar refractivity (Wildman–Crippen MR) is 152 cm³/mol. The number of halogens is 5. The molecule has 6 atom stereocenters. The van der Waals surface area contributed by atoms with E-state index in [-0.39, 0.29) is 30.0 Å². The molecule has 3 fully saturated rings. The number of aromatic nitrogens is 4. The van der Waals surface area contributed by atoms with Crippen molar-refractivity contribution in [1.82, 2.24) is 20.0 Å². The first-order valence-corrected chi connectivity index (χ1v) is 15.6. The molecule has 2 aromatic heterocycles. The molecule has 45 heavy (non-hydrogen) atoms. The lowest BCUT2D eigenvalue weighted by Crippen LogP contribution is -2.56. The Hall–Kier alpha value is -2.69. The van der Waals surface area contributed by atoms with Crippen molar-refractivity contribution in [3.63, 3.8) is 0 Å². The third kappa shape index (κ3) is 6.34. The van der Waals surface area contributed by atoms with Gasteiger partial charge >= 0.3 is 0 Å². The zero-order chi connectivity index (χ0) is 32.1. The Bertz CT molecular complexity index is 1490. The number of ether oxygens (including phenoxy) is 2. The number of aliphatic hydroxyl groups excluding tert-OH is 2. The minimum absolute atomic E-state index is 0.0241. The Kier molecular flexibility index (Phi) is 8.95. The average Bonchev–Trinajstić information content (AvgIpc) is 3.76. The summed E-state index contributed by atoms with van der Waals surface area (Å²) in [4.78, 5) is 4.62. The van der Waals surface area contributed by atoms with Crippen LogP contribution >= 0.6 is 11.8 Å². The standard InChI is InChI=1S/C30H33F5N4O5S/c1-43-26-24(39-13-20(37-38-39)16-11-18(31)22(33)19(32)12-16)25(41)21(14-40)44-28(26)45-27(29(42)6-8-30(34,35)9-7-29)23-17(15-4-5-15)3-2-10-36-23/h2-3,10-13,15,21,24-28,40-42H,4-9,14H2,1H3/t21-,24+,25+,26-,27-,28+/m1/s1. The van der Waals surface area contributed by atoms with Gasteiger partial charge in [-0.15, -0.1) is 16.9 Å². The van der Waals surface area contributed by atoms with Crippen molar-refractivity contribution in [2.24, 2.45) is 0 Å². The maximum absolute atomic E-state index is 14.3. The van der Waals surface area contributed by atoms with Gasteiger partial charge in [-0.05, 0) is 55.4 Å². The molecule has 3 N–H and O–H groups in total. The fourth-order valence-corrected chi connectivity index (χ4v) is 7.98. The van der Waals surface area contributed by atoms with E-state index in [9.17, 15) is 37.3 Å². The molecule has 3 aromatic rings. The van der Waals surface area contributed by atoms with Gasteiger partial charge in [-0.1, -0.05) is 11.3 Å². The quantitative estimate of drug-likeness (QED) is 0.223. The molecule has 1 aliphatic heterocycles. The lowest BCUT2D eigenvalue weighted by atomic mass is 9.78. The summed E-state index contributed by atoms with van der Waals surface area (Å²) in [6, 6.07) is 4.18. The molecule has 0 unspecified atom stereocenters. The molecule has 1 aromatic carbocycles. The summed E-state index contributed by atoms with van der Waals surface area (Å²) in [6.07, 6.45) is -0.188. The van der Waals surface area contributed by atoms with Gasteiger partial charge in [0.05, 0.1) is 29.3 Å². The fraction of sp³-hybridized carbons (Fsp3) is 0.567. The van der Waals surface area contributed by atoms with Crippen LogP contribution in [0, 0.1) is 17.5 Å². The molecule has 244 valence electrons. The molecule has 15 heteroatoms. The first kappa shape index (κ1) is 32.3. The van der Waals surface area contributed by atoms with E-state index >= 15 is 0 Å². The third-order valence-electron chi connectivity index (χ3n) is 8.93. The second kappa shape index (κ2) is 12.5. The Labute approximate surface area is 259 Å². The minimum atomic E-state index is -2.90. The van der Waals surface area contributed by atoms with Crippen LogP contribution in [0.2, 0.25) is 0 Å². The van der Waals surface area contributed by atoms with Crippen LogP contribution in [0.4, 0.5) is 22.0 Å². The summed E-state index contributed by atoms with van der Waals surface area (Å²) in [7, 11) is 1.37. The van der Waals surface area contributed by atoms with Crippen LogP contribution < -0.4 is 0 Å². The Balaban J connectivity index is 1.36. The number of hydrogen-bond acceptors (Lipinski definition) is 9. The van der Waals surface area contributed by atoms with Gasteiger partial charge in [0.2, 0.25) is 5.92 Å². The first-order chi connectivity index (χ1) is 21.4. The summed E-state index contributed by atoms with van der Waals surface area (Å²) in [5.74, 6) is -7.14. The molecule has 6 rings (SSSR count). The van der Waals surface area contributed by atoms with Gasteiger partial charge in [0, 0.05) is 31.7 Å². The number of thioether (sulfide) groups is 1. The Morgan fingerprint density at radius 2 is 1.82 bits per heavy atom. The van der Waals surface area contributed by atoms with Gasteiger partial charge in [0.1, 0.15) is 35.5 Å². The number of alkyl halides is 2. The number of methoxy groups -OCH3 is 1. The van der Waals surface area contributed by atoms with E-state index in [0.29, 0.717) is 5.69 Å². The largest absolute Gasteiger partial charge is 0.394 e. The predicted octanol–water partition coefficient (Wildman–Crippen LogP) is 4.68. The highest BCUT2D eigenvalue weighted by Gasteiger charge is 2.53. The van der Waals surface area contributed by atoms with Gasteiger partial charge in [0.25, 0.3) is 0 Å².